The molecule has 2 N–H and O–H groups in total. The molecular formula is C13H10N2. The van der Waals surface area contributed by atoms with Crippen LogP contribution in [0.3, 0.4) is 0 Å². The third-order valence-electron chi connectivity index (χ3n) is 2.45. The Hall–Kier alpha value is -2.09. The van der Waals surface area contributed by atoms with Crippen molar-refractivity contribution in [1.82, 2.24) is 4.98 Å². The van der Waals surface area contributed by atoms with Gasteiger partial charge < -0.3 is 5.73 Å². The highest BCUT2D eigenvalue weighted by Gasteiger charge is 1.98. The van der Waals surface area contributed by atoms with E-state index in [1.54, 1.807) is 6.07 Å². The van der Waals surface area contributed by atoms with Crippen molar-refractivity contribution in [3.8, 4) is 0 Å². The summed E-state index contributed by atoms with van der Waals surface area (Å²) in [5.74, 6) is 0. The molecule has 1 aromatic heterocycles. The van der Waals surface area contributed by atoms with Crippen LogP contribution in [-0.2, 0) is 0 Å². The van der Waals surface area contributed by atoms with Crippen LogP contribution in [0.1, 0.15) is 1.37 Å². The van der Waals surface area contributed by atoms with Crippen molar-refractivity contribution < 1.29 is 1.37 Å². The van der Waals surface area contributed by atoms with Gasteiger partial charge in [0.2, 0.25) is 0 Å². The molecule has 3 aromatic rings. The van der Waals surface area contributed by atoms with Gasteiger partial charge in [0.25, 0.3) is 0 Å². The highest BCUT2D eigenvalue weighted by Crippen LogP contribution is 2.21. The smallest absolute Gasteiger partial charge is 0.0711 e. The zero-order valence-corrected chi connectivity index (χ0v) is 8.07. The molecule has 2 aromatic carbocycles. The largest absolute Gasteiger partial charge is 0.399 e. The first-order valence-corrected chi connectivity index (χ1v) is 4.80. The highest BCUT2D eigenvalue weighted by atomic mass is 14.7. The SMILES string of the molecule is [2H]c1c(N)ccc2nc3ccccc3cc12. The zero-order valence-electron chi connectivity index (χ0n) is 9.07. The number of rotatable bonds is 0. The summed E-state index contributed by atoms with van der Waals surface area (Å²) in [6, 6.07) is 13.8. The van der Waals surface area contributed by atoms with E-state index in [1.807, 2.05) is 36.4 Å². The lowest BCUT2D eigenvalue weighted by Crippen LogP contribution is -1.86. The lowest BCUT2D eigenvalue weighted by molar-refractivity contribution is 1.50. The van der Waals surface area contributed by atoms with Crippen LogP contribution in [0.4, 0.5) is 5.69 Å². The number of hydrogen-bond donors (Lipinski definition) is 1. The molecule has 3 rings (SSSR count). The van der Waals surface area contributed by atoms with Crippen LogP contribution in [0.15, 0.2) is 48.5 Å². The van der Waals surface area contributed by atoms with Gasteiger partial charge in [0.05, 0.1) is 12.4 Å². The van der Waals surface area contributed by atoms with Gasteiger partial charge in [-0.15, -0.1) is 0 Å². The normalized spacial score (nSPS) is 11.9. The number of nitrogens with two attached hydrogens (primary N) is 1. The fraction of sp³-hybridized carbons (Fsp3) is 0. The second kappa shape index (κ2) is 2.95. The molecule has 0 unspecified atom stereocenters. The minimum atomic E-state index is 0.357. The minimum absolute atomic E-state index is 0.357. The van der Waals surface area contributed by atoms with Crippen LogP contribution >= 0.6 is 0 Å². The zero-order chi connectivity index (χ0) is 11.1. The lowest BCUT2D eigenvalue weighted by atomic mass is 10.1. The average Bonchev–Trinajstić information content (AvgIpc) is 2.32. The van der Waals surface area contributed by atoms with Crippen molar-refractivity contribution in [2.45, 2.75) is 0 Å². The van der Waals surface area contributed by atoms with Gasteiger partial charge in [0.15, 0.2) is 0 Å². The summed E-state index contributed by atoms with van der Waals surface area (Å²) < 4.78 is 7.90. The average molecular weight is 195 g/mol. The van der Waals surface area contributed by atoms with Gasteiger partial charge in [-0.05, 0) is 30.3 Å². The Bertz CT molecular complexity index is 692. The summed E-state index contributed by atoms with van der Waals surface area (Å²) in [6.45, 7) is 0. The predicted molar refractivity (Wildman–Crippen MR) is 63.7 cm³/mol. The maximum absolute atomic E-state index is 7.90. The van der Waals surface area contributed by atoms with Crippen LogP contribution in [-0.4, -0.2) is 4.98 Å². The Labute approximate surface area is 88.8 Å². The molecule has 2 heteroatoms. The molecule has 0 bridgehead atoms. The standard InChI is InChI=1S/C13H10N2/c14-11-5-6-13-10(8-11)7-9-3-1-2-4-12(9)15-13/h1-8H,14H2/i8D. The number of anilines is 1. The fourth-order valence-corrected chi connectivity index (χ4v) is 1.72. The molecule has 0 saturated carbocycles. The first-order valence-electron chi connectivity index (χ1n) is 5.30. The van der Waals surface area contributed by atoms with E-state index in [9.17, 15) is 0 Å². The Morgan fingerprint density at radius 2 is 1.80 bits per heavy atom. The molecule has 0 atom stereocenters. The monoisotopic (exact) mass is 195 g/mol. The lowest BCUT2D eigenvalue weighted by Gasteiger charge is -2.01. The van der Waals surface area contributed by atoms with Gasteiger partial charge in [0, 0.05) is 16.5 Å². The number of para-hydroxylation sites is 1. The maximum atomic E-state index is 7.90. The van der Waals surface area contributed by atoms with Crippen LogP contribution in [0, 0.1) is 0 Å². The van der Waals surface area contributed by atoms with Crippen molar-refractivity contribution in [1.29, 1.82) is 0 Å². The summed E-state index contributed by atoms with van der Waals surface area (Å²) in [4.78, 5) is 4.50. The van der Waals surface area contributed by atoms with Crippen molar-refractivity contribution >= 4 is 27.5 Å². The van der Waals surface area contributed by atoms with E-state index >= 15 is 0 Å². The number of hydrogen-bond acceptors (Lipinski definition) is 2. The summed E-state index contributed by atoms with van der Waals surface area (Å²) in [5, 5.41) is 1.84. The Morgan fingerprint density at radius 1 is 1.00 bits per heavy atom. The van der Waals surface area contributed by atoms with Crippen molar-refractivity contribution in [2.75, 3.05) is 5.73 Å². The third kappa shape index (κ3) is 1.31. The summed E-state index contributed by atoms with van der Waals surface area (Å²) in [7, 11) is 0. The highest BCUT2D eigenvalue weighted by molar-refractivity contribution is 5.93. The van der Waals surface area contributed by atoms with E-state index in [0.29, 0.717) is 11.7 Å². The van der Waals surface area contributed by atoms with E-state index in [2.05, 4.69) is 4.98 Å². The number of nitrogens with zero attached hydrogens (tertiary/aromatic N) is 1. The fourth-order valence-electron chi connectivity index (χ4n) is 1.72. The first-order chi connectivity index (χ1) is 7.75. The van der Waals surface area contributed by atoms with Gasteiger partial charge in [-0.25, -0.2) is 4.98 Å². The van der Waals surface area contributed by atoms with E-state index in [-0.39, 0.29) is 0 Å². The second-order valence-corrected chi connectivity index (χ2v) is 3.53. The van der Waals surface area contributed by atoms with Gasteiger partial charge in [-0.3, -0.25) is 0 Å². The topological polar surface area (TPSA) is 38.9 Å². The van der Waals surface area contributed by atoms with Crippen LogP contribution in [0.5, 0.6) is 0 Å². The summed E-state index contributed by atoms with van der Waals surface area (Å²) in [6.07, 6.45) is 0. The molecule has 1 heterocycles. The van der Waals surface area contributed by atoms with E-state index < -0.39 is 0 Å². The van der Waals surface area contributed by atoms with Gasteiger partial charge in [0.1, 0.15) is 0 Å². The molecule has 0 aliphatic rings. The number of benzene rings is 2. The Morgan fingerprint density at radius 3 is 2.73 bits per heavy atom. The van der Waals surface area contributed by atoms with E-state index in [1.165, 1.54) is 0 Å². The van der Waals surface area contributed by atoms with Crippen molar-refractivity contribution in [2.24, 2.45) is 0 Å². The molecular weight excluding hydrogens is 184 g/mol. The molecule has 0 fully saturated rings. The van der Waals surface area contributed by atoms with Crippen molar-refractivity contribution in [3.63, 3.8) is 0 Å². The van der Waals surface area contributed by atoms with Crippen LogP contribution in [0.25, 0.3) is 21.8 Å². The predicted octanol–water partition coefficient (Wildman–Crippen LogP) is 2.97. The Balaban J connectivity index is 2.51. The quantitative estimate of drug-likeness (QED) is 0.442. The number of aromatic nitrogens is 1. The molecule has 0 radical (unpaired) electrons. The van der Waals surface area contributed by atoms with Crippen LogP contribution < -0.4 is 5.73 Å². The Kier molecular flexibility index (Phi) is 1.42. The number of pyridine rings is 1. The summed E-state index contributed by atoms with van der Waals surface area (Å²) in [5.41, 5.74) is 7.97. The molecule has 0 amide bonds. The first kappa shape index (κ1) is 7.23. The molecule has 0 aliphatic carbocycles. The molecule has 0 saturated heterocycles. The van der Waals surface area contributed by atoms with E-state index in [4.69, 9.17) is 7.10 Å². The number of fused-ring (bicyclic) bond motifs is 2. The molecule has 15 heavy (non-hydrogen) atoms. The molecule has 0 spiro atoms. The van der Waals surface area contributed by atoms with Gasteiger partial charge >= 0.3 is 0 Å². The number of nitrogen functional groups attached to an aromatic ring is 1. The molecule has 2 nitrogen and oxygen atoms in total. The maximum Gasteiger partial charge on any atom is 0.0711 e. The third-order valence-corrected chi connectivity index (χ3v) is 2.45. The van der Waals surface area contributed by atoms with Gasteiger partial charge in [-0.2, -0.15) is 0 Å². The van der Waals surface area contributed by atoms with E-state index in [0.717, 1.165) is 21.8 Å². The molecule has 72 valence electrons. The second-order valence-electron chi connectivity index (χ2n) is 3.53. The minimum Gasteiger partial charge on any atom is -0.399 e. The van der Waals surface area contributed by atoms with Crippen molar-refractivity contribution in [3.05, 3.63) is 48.5 Å². The van der Waals surface area contributed by atoms with Gasteiger partial charge in [-0.1, -0.05) is 18.2 Å². The van der Waals surface area contributed by atoms with Crippen LogP contribution in [0.2, 0.25) is 0 Å². The summed E-state index contributed by atoms with van der Waals surface area (Å²) >= 11 is 0. The molecule has 0 aliphatic heterocycles.